The van der Waals surface area contributed by atoms with Crippen LogP contribution in [0.15, 0.2) is 0 Å². The lowest BCUT2D eigenvalue weighted by molar-refractivity contribution is 0.0556. The molecule has 1 aliphatic heterocycles. The fourth-order valence-electron chi connectivity index (χ4n) is 1.88. The van der Waals surface area contributed by atoms with Crippen LogP contribution < -0.4 is 5.32 Å². The van der Waals surface area contributed by atoms with Gasteiger partial charge in [0.15, 0.2) is 0 Å². The van der Waals surface area contributed by atoms with E-state index in [0.29, 0.717) is 18.9 Å². The zero-order valence-electron chi connectivity index (χ0n) is 10.6. The van der Waals surface area contributed by atoms with Crippen molar-refractivity contribution >= 4 is 6.03 Å². The number of hydrogen-bond acceptors (Lipinski definition) is 2. The second kappa shape index (κ2) is 5.53. The highest BCUT2D eigenvalue weighted by Gasteiger charge is 2.23. The first-order chi connectivity index (χ1) is 7.44. The first kappa shape index (κ1) is 13.3. The second-order valence-electron chi connectivity index (χ2n) is 5.20. The number of carbonyl (C=O) groups excluding carboxylic acids is 1. The summed E-state index contributed by atoms with van der Waals surface area (Å²) in [6.45, 7) is 7.82. The van der Waals surface area contributed by atoms with Gasteiger partial charge in [0.05, 0.1) is 5.60 Å². The van der Waals surface area contributed by atoms with Gasteiger partial charge in [0, 0.05) is 19.6 Å². The molecular formula is C12H24N2O2. The first-order valence-corrected chi connectivity index (χ1v) is 6.20. The molecule has 0 spiro atoms. The molecule has 2 atom stereocenters. The fraction of sp³-hybridized carbons (Fsp3) is 0.917. The lowest BCUT2D eigenvalue weighted by atomic mass is 10.0. The molecule has 2 amide bonds. The van der Waals surface area contributed by atoms with Gasteiger partial charge in [-0.15, -0.1) is 0 Å². The van der Waals surface area contributed by atoms with Crippen molar-refractivity contribution in [3.63, 3.8) is 0 Å². The highest BCUT2D eigenvalue weighted by atomic mass is 16.3. The first-order valence-electron chi connectivity index (χ1n) is 6.20. The van der Waals surface area contributed by atoms with Crippen LogP contribution in [0.2, 0.25) is 0 Å². The van der Waals surface area contributed by atoms with E-state index in [1.807, 2.05) is 11.8 Å². The summed E-state index contributed by atoms with van der Waals surface area (Å²) in [4.78, 5) is 13.7. The van der Waals surface area contributed by atoms with E-state index in [2.05, 4.69) is 12.2 Å². The molecule has 2 N–H and O–H groups in total. The predicted molar refractivity (Wildman–Crippen MR) is 64.3 cm³/mol. The van der Waals surface area contributed by atoms with E-state index in [1.165, 1.54) is 6.42 Å². The number of nitrogens with one attached hydrogen (secondary N) is 1. The summed E-state index contributed by atoms with van der Waals surface area (Å²) in [6.07, 6.45) is 2.93. The molecule has 1 aliphatic rings. The normalized spacial score (nSPS) is 25.0. The smallest absolute Gasteiger partial charge is 0.317 e. The van der Waals surface area contributed by atoms with Crippen molar-refractivity contribution < 1.29 is 9.90 Å². The Morgan fingerprint density at radius 2 is 2.31 bits per heavy atom. The Labute approximate surface area is 98.0 Å². The molecule has 0 aromatic rings. The summed E-state index contributed by atoms with van der Waals surface area (Å²) < 4.78 is 0. The van der Waals surface area contributed by atoms with Crippen molar-refractivity contribution in [2.45, 2.75) is 45.6 Å². The van der Waals surface area contributed by atoms with Crippen molar-refractivity contribution in [1.29, 1.82) is 0 Å². The number of carbonyl (C=O) groups is 1. The molecule has 4 nitrogen and oxygen atoms in total. The summed E-state index contributed by atoms with van der Waals surface area (Å²) >= 11 is 0. The Balaban J connectivity index is 2.34. The molecule has 0 aromatic heterocycles. The van der Waals surface area contributed by atoms with Gasteiger partial charge in [0.1, 0.15) is 0 Å². The number of amides is 2. The number of rotatable bonds is 3. The predicted octanol–water partition coefficient (Wildman–Crippen LogP) is 1.59. The number of likely N-dealkylation sites (tertiary alicyclic amines) is 1. The average Bonchev–Trinajstić information content (AvgIpc) is 2.26. The summed E-state index contributed by atoms with van der Waals surface area (Å²) in [5.41, 5.74) is -0.795. The Bertz CT molecular complexity index is 241. The SMILES string of the molecule is CCC(C)(O)CNC(=O)N1CCCC(C)C1. The van der Waals surface area contributed by atoms with Crippen LogP contribution in [0.5, 0.6) is 0 Å². The molecule has 0 aliphatic carbocycles. The topological polar surface area (TPSA) is 52.6 Å². The maximum absolute atomic E-state index is 11.8. The van der Waals surface area contributed by atoms with Crippen LogP contribution in [0.25, 0.3) is 0 Å². The van der Waals surface area contributed by atoms with Gasteiger partial charge in [-0.05, 0) is 32.1 Å². The van der Waals surface area contributed by atoms with Crippen molar-refractivity contribution in [3.05, 3.63) is 0 Å². The lowest BCUT2D eigenvalue weighted by Gasteiger charge is -2.32. The molecule has 0 bridgehead atoms. The molecule has 94 valence electrons. The van der Waals surface area contributed by atoms with Crippen molar-refractivity contribution in [1.82, 2.24) is 10.2 Å². The molecule has 1 saturated heterocycles. The monoisotopic (exact) mass is 228 g/mol. The molecule has 0 radical (unpaired) electrons. The lowest BCUT2D eigenvalue weighted by Crippen LogP contribution is -2.49. The zero-order valence-corrected chi connectivity index (χ0v) is 10.6. The minimum Gasteiger partial charge on any atom is -0.388 e. The minimum absolute atomic E-state index is 0.0414. The van der Waals surface area contributed by atoms with Gasteiger partial charge in [-0.1, -0.05) is 13.8 Å². The van der Waals surface area contributed by atoms with E-state index < -0.39 is 5.60 Å². The van der Waals surface area contributed by atoms with Gasteiger partial charge < -0.3 is 15.3 Å². The molecular weight excluding hydrogens is 204 g/mol. The molecule has 4 heteroatoms. The molecule has 1 heterocycles. The number of aliphatic hydroxyl groups is 1. The summed E-state index contributed by atoms with van der Waals surface area (Å²) in [5.74, 6) is 0.589. The highest BCUT2D eigenvalue weighted by Crippen LogP contribution is 2.15. The molecule has 2 unspecified atom stereocenters. The Morgan fingerprint density at radius 1 is 1.62 bits per heavy atom. The third kappa shape index (κ3) is 4.00. The summed E-state index contributed by atoms with van der Waals surface area (Å²) in [6, 6.07) is -0.0414. The van der Waals surface area contributed by atoms with E-state index >= 15 is 0 Å². The number of urea groups is 1. The van der Waals surface area contributed by atoms with Gasteiger partial charge in [0.25, 0.3) is 0 Å². The molecule has 0 saturated carbocycles. The fourth-order valence-corrected chi connectivity index (χ4v) is 1.88. The van der Waals surface area contributed by atoms with Gasteiger partial charge in [-0.25, -0.2) is 4.79 Å². The van der Waals surface area contributed by atoms with Crippen molar-refractivity contribution in [2.24, 2.45) is 5.92 Å². The zero-order chi connectivity index (χ0) is 12.2. The van der Waals surface area contributed by atoms with Gasteiger partial charge in [-0.2, -0.15) is 0 Å². The Hall–Kier alpha value is -0.770. The quantitative estimate of drug-likeness (QED) is 0.770. The molecule has 16 heavy (non-hydrogen) atoms. The van der Waals surface area contributed by atoms with Crippen LogP contribution in [-0.2, 0) is 0 Å². The third-order valence-electron chi connectivity index (χ3n) is 3.33. The van der Waals surface area contributed by atoms with Crippen LogP contribution in [0.1, 0.15) is 40.0 Å². The summed E-state index contributed by atoms with van der Waals surface area (Å²) in [7, 11) is 0. The van der Waals surface area contributed by atoms with Crippen LogP contribution in [0, 0.1) is 5.92 Å². The maximum atomic E-state index is 11.8. The highest BCUT2D eigenvalue weighted by molar-refractivity contribution is 5.74. The molecule has 0 aromatic carbocycles. The Morgan fingerprint density at radius 3 is 2.88 bits per heavy atom. The van der Waals surface area contributed by atoms with Gasteiger partial charge in [0.2, 0.25) is 0 Å². The molecule has 1 fully saturated rings. The van der Waals surface area contributed by atoms with Crippen LogP contribution in [0.4, 0.5) is 4.79 Å². The number of nitrogens with zero attached hydrogens (tertiary/aromatic N) is 1. The minimum atomic E-state index is -0.795. The standard InChI is InChI=1S/C12H24N2O2/c1-4-12(3,16)9-13-11(15)14-7-5-6-10(2)8-14/h10,16H,4-9H2,1-3H3,(H,13,15). The maximum Gasteiger partial charge on any atom is 0.317 e. The Kier molecular flexibility index (Phi) is 4.59. The van der Waals surface area contributed by atoms with E-state index in [-0.39, 0.29) is 6.03 Å². The van der Waals surface area contributed by atoms with Crippen LogP contribution in [-0.4, -0.2) is 41.3 Å². The number of piperidine rings is 1. The third-order valence-corrected chi connectivity index (χ3v) is 3.33. The van der Waals surface area contributed by atoms with E-state index in [1.54, 1.807) is 6.92 Å². The van der Waals surface area contributed by atoms with E-state index in [4.69, 9.17) is 0 Å². The number of hydrogen-bond donors (Lipinski definition) is 2. The van der Waals surface area contributed by atoms with E-state index in [9.17, 15) is 9.90 Å². The summed E-state index contributed by atoms with van der Waals surface area (Å²) in [5, 5.41) is 12.6. The average molecular weight is 228 g/mol. The van der Waals surface area contributed by atoms with Crippen molar-refractivity contribution in [3.8, 4) is 0 Å². The van der Waals surface area contributed by atoms with Gasteiger partial charge in [-0.3, -0.25) is 0 Å². The van der Waals surface area contributed by atoms with Gasteiger partial charge >= 0.3 is 6.03 Å². The second-order valence-corrected chi connectivity index (χ2v) is 5.20. The molecule has 1 rings (SSSR count). The van der Waals surface area contributed by atoms with Crippen molar-refractivity contribution in [2.75, 3.05) is 19.6 Å². The van der Waals surface area contributed by atoms with Crippen LogP contribution >= 0.6 is 0 Å². The largest absolute Gasteiger partial charge is 0.388 e. The van der Waals surface area contributed by atoms with Crippen LogP contribution in [0.3, 0.4) is 0 Å². The van der Waals surface area contributed by atoms with E-state index in [0.717, 1.165) is 19.5 Å².